The highest BCUT2D eigenvalue weighted by Crippen LogP contribution is 2.24. The fourth-order valence-electron chi connectivity index (χ4n) is 3.99. The lowest BCUT2D eigenvalue weighted by atomic mass is 9.99. The molecule has 1 fully saturated rings. The van der Waals surface area contributed by atoms with Crippen molar-refractivity contribution in [2.24, 2.45) is 5.92 Å². The third kappa shape index (κ3) is 3.39. The van der Waals surface area contributed by atoms with Gasteiger partial charge in [0, 0.05) is 38.1 Å². The van der Waals surface area contributed by atoms with Crippen LogP contribution < -0.4 is 4.90 Å². The van der Waals surface area contributed by atoms with E-state index in [1.807, 2.05) is 23.1 Å². The molecule has 0 aliphatic carbocycles. The average Bonchev–Trinajstić information content (AvgIpc) is 2.67. The average molecular weight is 335 g/mol. The van der Waals surface area contributed by atoms with Gasteiger partial charge in [-0.15, -0.1) is 0 Å². The summed E-state index contributed by atoms with van der Waals surface area (Å²) < 4.78 is 0. The van der Waals surface area contributed by atoms with Crippen LogP contribution in [0.15, 0.2) is 42.6 Å². The Morgan fingerprint density at radius 2 is 2.00 bits per heavy atom. The Labute approximate surface area is 149 Å². The predicted octanol–water partition coefficient (Wildman–Crippen LogP) is 3.52. The molecule has 2 aromatic rings. The molecule has 1 atom stereocenters. The van der Waals surface area contributed by atoms with E-state index in [-0.39, 0.29) is 5.91 Å². The van der Waals surface area contributed by atoms with Crippen LogP contribution >= 0.6 is 0 Å². The third-order valence-electron chi connectivity index (χ3n) is 5.40. The van der Waals surface area contributed by atoms with Gasteiger partial charge in [-0.2, -0.15) is 0 Å². The molecule has 1 aromatic carbocycles. The summed E-state index contributed by atoms with van der Waals surface area (Å²) in [7, 11) is 0. The first-order valence-electron chi connectivity index (χ1n) is 9.28. The number of fused-ring (bicyclic) bond motifs is 1. The summed E-state index contributed by atoms with van der Waals surface area (Å²) >= 11 is 0. The van der Waals surface area contributed by atoms with Crippen LogP contribution in [-0.4, -0.2) is 35.4 Å². The fourth-order valence-corrected chi connectivity index (χ4v) is 3.99. The maximum Gasteiger partial charge on any atom is 0.272 e. The first-order chi connectivity index (χ1) is 12.2. The van der Waals surface area contributed by atoms with E-state index in [1.54, 1.807) is 6.20 Å². The van der Waals surface area contributed by atoms with Crippen LogP contribution in [0.5, 0.6) is 0 Å². The number of carbonyl (C=O) groups is 1. The standard InChI is InChI=1S/C21H25N3O/c1-16-5-4-11-23(14-16)19-8-10-22-20(13-19)21(25)24-12-9-17-6-2-3-7-18(17)15-24/h2-3,6-8,10,13,16H,4-5,9,11-12,14-15H2,1H3. The molecule has 25 heavy (non-hydrogen) atoms. The summed E-state index contributed by atoms with van der Waals surface area (Å²) in [6.07, 6.45) is 5.21. The van der Waals surface area contributed by atoms with Crippen molar-refractivity contribution in [2.75, 3.05) is 24.5 Å². The van der Waals surface area contributed by atoms with E-state index in [9.17, 15) is 4.79 Å². The van der Waals surface area contributed by atoms with E-state index in [2.05, 4.69) is 35.0 Å². The molecule has 0 N–H and O–H groups in total. The summed E-state index contributed by atoms with van der Waals surface area (Å²) in [5, 5.41) is 0. The number of hydrogen-bond donors (Lipinski definition) is 0. The lowest BCUT2D eigenvalue weighted by molar-refractivity contribution is 0.0729. The molecule has 1 unspecified atom stereocenters. The minimum absolute atomic E-state index is 0.0430. The number of pyridine rings is 1. The lowest BCUT2D eigenvalue weighted by Gasteiger charge is -2.33. The van der Waals surface area contributed by atoms with Gasteiger partial charge < -0.3 is 9.80 Å². The number of hydrogen-bond acceptors (Lipinski definition) is 3. The van der Waals surface area contributed by atoms with Crippen LogP contribution in [0, 0.1) is 5.92 Å². The molecule has 1 amide bonds. The van der Waals surface area contributed by atoms with E-state index >= 15 is 0 Å². The maximum absolute atomic E-state index is 13.0. The summed E-state index contributed by atoms with van der Waals surface area (Å²) in [5.74, 6) is 0.751. The van der Waals surface area contributed by atoms with Gasteiger partial charge in [-0.1, -0.05) is 31.2 Å². The summed E-state index contributed by atoms with van der Waals surface area (Å²) in [4.78, 5) is 21.6. The number of aromatic nitrogens is 1. The zero-order valence-electron chi connectivity index (χ0n) is 14.8. The molecule has 0 bridgehead atoms. The Morgan fingerprint density at radius 1 is 1.16 bits per heavy atom. The van der Waals surface area contributed by atoms with Gasteiger partial charge >= 0.3 is 0 Å². The number of piperidine rings is 1. The van der Waals surface area contributed by atoms with Crippen molar-refractivity contribution in [3.05, 3.63) is 59.4 Å². The quantitative estimate of drug-likeness (QED) is 0.842. The highest BCUT2D eigenvalue weighted by Gasteiger charge is 2.23. The highest BCUT2D eigenvalue weighted by molar-refractivity contribution is 5.93. The van der Waals surface area contributed by atoms with Crippen LogP contribution in [0.2, 0.25) is 0 Å². The van der Waals surface area contributed by atoms with Crippen molar-refractivity contribution in [2.45, 2.75) is 32.7 Å². The van der Waals surface area contributed by atoms with Gasteiger partial charge in [-0.05, 0) is 48.4 Å². The zero-order valence-corrected chi connectivity index (χ0v) is 14.8. The van der Waals surface area contributed by atoms with E-state index in [0.29, 0.717) is 18.2 Å². The van der Waals surface area contributed by atoms with Gasteiger partial charge in [0.05, 0.1) is 0 Å². The molecule has 1 aromatic heterocycles. The second kappa shape index (κ2) is 6.87. The molecule has 0 radical (unpaired) electrons. The minimum atomic E-state index is 0.0430. The Hall–Kier alpha value is -2.36. The number of benzene rings is 1. The van der Waals surface area contributed by atoms with Crippen molar-refractivity contribution in [3.8, 4) is 0 Å². The minimum Gasteiger partial charge on any atom is -0.371 e. The second-order valence-corrected chi connectivity index (χ2v) is 7.34. The number of amides is 1. The topological polar surface area (TPSA) is 36.4 Å². The first kappa shape index (κ1) is 16.1. The van der Waals surface area contributed by atoms with Crippen molar-refractivity contribution in [1.82, 2.24) is 9.88 Å². The number of nitrogens with zero attached hydrogens (tertiary/aromatic N) is 3. The normalized spacial score (nSPS) is 20.3. The van der Waals surface area contributed by atoms with Crippen molar-refractivity contribution in [3.63, 3.8) is 0 Å². The lowest BCUT2D eigenvalue weighted by Crippen LogP contribution is -2.37. The Morgan fingerprint density at radius 3 is 2.84 bits per heavy atom. The van der Waals surface area contributed by atoms with Gasteiger partial charge in [0.25, 0.3) is 5.91 Å². The first-order valence-corrected chi connectivity index (χ1v) is 9.28. The van der Waals surface area contributed by atoms with Crippen LogP contribution in [-0.2, 0) is 13.0 Å². The SMILES string of the molecule is CC1CCCN(c2ccnc(C(=O)N3CCc4ccccc4C3)c2)C1. The van der Waals surface area contributed by atoms with Crippen molar-refractivity contribution < 1.29 is 4.79 Å². The number of carbonyl (C=O) groups excluding carboxylic acids is 1. The van der Waals surface area contributed by atoms with Crippen LogP contribution in [0.4, 0.5) is 5.69 Å². The largest absolute Gasteiger partial charge is 0.371 e. The van der Waals surface area contributed by atoms with Gasteiger partial charge in [-0.3, -0.25) is 9.78 Å². The maximum atomic E-state index is 13.0. The Balaban J connectivity index is 1.52. The molecule has 130 valence electrons. The smallest absolute Gasteiger partial charge is 0.272 e. The fraction of sp³-hybridized carbons (Fsp3) is 0.429. The summed E-state index contributed by atoms with van der Waals surface area (Å²) in [6.45, 7) is 5.88. The van der Waals surface area contributed by atoms with E-state index < -0.39 is 0 Å². The van der Waals surface area contributed by atoms with E-state index in [0.717, 1.165) is 31.7 Å². The van der Waals surface area contributed by atoms with Crippen LogP contribution in [0.1, 0.15) is 41.4 Å². The molecule has 4 nitrogen and oxygen atoms in total. The Kier molecular flexibility index (Phi) is 4.43. The molecular formula is C21H25N3O. The summed E-state index contributed by atoms with van der Waals surface area (Å²) in [5.41, 5.74) is 4.30. The predicted molar refractivity (Wildman–Crippen MR) is 99.7 cm³/mol. The van der Waals surface area contributed by atoms with Crippen LogP contribution in [0.25, 0.3) is 0 Å². The summed E-state index contributed by atoms with van der Waals surface area (Å²) in [6, 6.07) is 12.4. The Bertz CT molecular complexity index is 773. The van der Waals surface area contributed by atoms with Gasteiger partial charge in [0.15, 0.2) is 0 Å². The molecule has 0 saturated carbocycles. The number of anilines is 1. The molecule has 2 aliphatic rings. The second-order valence-electron chi connectivity index (χ2n) is 7.34. The van der Waals surface area contributed by atoms with Gasteiger partial charge in [0.1, 0.15) is 5.69 Å². The molecule has 4 rings (SSSR count). The molecule has 0 spiro atoms. The van der Waals surface area contributed by atoms with Crippen molar-refractivity contribution in [1.29, 1.82) is 0 Å². The number of rotatable bonds is 2. The molecule has 2 aliphatic heterocycles. The molecule has 3 heterocycles. The third-order valence-corrected chi connectivity index (χ3v) is 5.40. The van der Waals surface area contributed by atoms with Crippen LogP contribution in [0.3, 0.4) is 0 Å². The molecule has 4 heteroatoms. The van der Waals surface area contributed by atoms with Gasteiger partial charge in [-0.25, -0.2) is 0 Å². The highest BCUT2D eigenvalue weighted by atomic mass is 16.2. The van der Waals surface area contributed by atoms with Gasteiger partial charge in [0.2, 0.25) is 0 Å². The monoisotopic (exact) mass is 335 g/mol. The van der Waals surface area contributed by atoms with Crippen molar-refractivity contribution >= 4 is 11.6 Å². The zero-order chi connectivity index (χ0) is 17.2. The van der Waals surface area contributed by atoms with E-state index in [4.69, 9.17) is 0 Å². The molecule has 1 saturated heterocycles. The molecular weight excluding hydrogens is 310 g/mol. The van der Waals surface area contributed by atoms with E-state index in [1.165, 1.54) is 24.0 Å².